The number of hydrogen-bond acceptors (Lipinski definition) is 3. The van der Waals surface area contributed by atoms with Gasteiger partial charge in [-0.3, -0.25) is 0 Å². The summed E-state index contributed by atoms with van der Waals surface area (Å²) >= 11 is 0. The first kappa shape index (κ1) is 17.0. The zero-order valence-electron chi connectivity index (χ0n) is 14.7. The van der Waals surface area contributed by atoms with Gasteiger partial charge < -0.3 is 14.2 Å². The molecule has 130 valence electrons. The van der Waals surface area contributed by atoms with Crippen LogP contribution in [0.15, 0.2) is 43.0 Å². The van der Waals surface area contributed by atoms with Gasteiger partial charge in [-0.05, 0) is 75.4 Å². The van der Waals surface area contributed by atoms with Gasteiger partial charge in [-0.2, -0.15) is 0 Å². The van der Waals surface area contributed by atoms with Crippen LogP contribution in [0.3, 0.4) is 0 Å². The molecule has 0 radical (unpaired) electrons. The van der Waals surface area contributed by atoms with Crippen molar-refractivity contribution in [3.05, 3.63) is 48.5 Å². The molecule has 0 spiro atoms. The molecular formula is C20H29N3O. The fraction of sp³-hybridized carbons (Fsp3) is 0.550. The van der Waals surface area contributed by atoms with Gasteiger partial charge in [0.15, 0.2) is 0 Å². The van der Waals surface area contributed by atoms with Gasteiger partial charge in [0.25, 0.3) is 0 Å². The van der Waals surface area contributed by atoms with Crippen molar-refractivity contribution in [2.24, 2.45) is 5.92 Å². The molecule has 4 nitrogen and oxygen atoms in total. The number of ether oxygens (including phenoxy) is 1. The van der Waals surface area contributed by atoms with Crippen LogP contribution in [0.4, 0.5) is 0 Å². The Labute approximate surface area is 145 Å². The molecule has 0 bridgehead atoms. The quantitative estimate of drug-likeness (QED) is 0.742. The SMILES string of the molecule is COc1ccc(CCCN2CCC(CCn3ccnc3)CC2)cc1. The standard InChI is InChI=1S/C20H29N3O/c1-24-20-6-4-18(5-7-20)3-2-12-22-13-8-19(9-14-22)10-15-23-16-11-21-17-23/h4-7,11,16-17,19H,2-3,8-10,12-15H2,1H3. The molecule has 0 atom stereocenters. The molecule has 2 heterocycles. The van der Waals surface area contributed by atoms with Crippen molar-refractivity contribution in [3.63, 3.8) is 0 Å². The average Bonchev–Trinajstić information content (AvgIpc) is 3.15. The van der Waals surface area contributed by atoms with Crippen LogP contribution < -0.4 is 4.74 Å². The van der Waals surface area contributed by atoms with Crippen molar-refractivity contribution >= 4 is 0 Å². The number of hydrogen-bond donors (Lipinski definition) is 0. The molecule has 1 aromatic heterocycles. The van der Waals surface area contributed by atoms with E-state index in [4.69, 9.17) is 4.74 Å². The second kappa shape index (κ2) is 8.88. The van der Waals surface area contributed by atoms with Crippen molar-refractivity contribution in [1.29, 1.82) is 0 Å². The zero-order valence-corrected chi connectivity index (χ0v) is 14.7. The van der Waals surface area contributed by atoms with E-state index in [1.807, 2.05) is 12.5 Å². The first-order chi connectivity index (χ1) is 11.8. The van der Waals surface area contributed by atoms with Gasteiger partial charge in [0.1, 0.15) is 5.75 Å². The minimum absolute atomic E-state index is 0.880. The second-order valence-electron chi connectivity index (χ2n) is 6.83. The van der Waals surface area contributed by atoms with Crippen molar-refractivity contribution in [2.75, 3.05) is 26.7 Å². The van der Waals surface area contributed by atoms with Crippen molar-refractivity contribution in [2.45, 2.75) is 38.6 Å². The predicted molar refractivity (Wildman–Crippen MR) is 97.3 cm³/mol. The Hall–Kier alpha value is -1.81. The van der Waals surface area contributed by atoms with E-state index in [0.29, 0.717) is 0 Å². The van der Waals surface area contributed by atoms with E-state index < -0.39 is 0 Å². The molecule has 0 unspecified atom stereocenters. The van der Waals surface area contributed by atoms with E-state index in [-0.39, 0.29) is 0 Å². The summed E-state index contributed by atoms with van der Waals surface area (Å²) in [5.74, 6) is 1.82. The lowest BCUT2D eigenvalue weighted by Gasteiger charge is -2.32. The highest BCUT2D eigenvalue weighted by atomic mass is 16.5. The summed E-state index contributed by atoms with van der Waals surface area (Å²) in [4.78, 5) is 6.75. The number of likely N-dealkylation sites (tertiary alicyclic amines) is 1. The Kier molecular flexibility index (Phi) is 6.30. The van der Waals surface area contributed by atoms with E-state index in [1.54, 1.807) is 7.11 Å². The second-order valence-corrected chi connectivity index (χ2v) is 6.83. The lowest BCUT2D eigenvalue weighted by atomic mass is 9.93. The number of rotatable bonds is 8. The van der Waals surface area contributed by atoms with Gasteiger partial charge in [0.05, 0.1) is 13.4 Å². The molecule has 3 rings (SSSR count). The molecule has 0 amide bonds. The molecule has 1 aliphatic heterocycles. The molecular weight excluding hydrogens is 298 g/mol. The Balaban J connectivity index is 1.30. The first-order valence-electron chi connectivity index (χ1n) is 9.14. The summed E-state index contributed by atoms with van der Waals surface area (Å²) in [6.45, 7) is 4.86. The fourth-order valence-corrected chi connectivity index (χ4v) is 3.55. The molecule has 1 saturated heterocycles. The van der Waals surface area contributed by atoms with Gasteiger partial charge in [-0.1, -0.05) is 12.1 Å². The van der Waals surface area contributed by atoms with Crippen LogP contribution in [0.1, 0.15) is 31.2 Å². The monoisotopic (exact) mass is 327 g/mol. The predicted octanol–water partition coefficient (Wildman–Crippen LogP) is 3.63. The number of benzene rings is 1. The highest BCUT2D eigenvalue weighted by molar-refractivity contribution is 5.27. The number of aryl methyl sites for hydroxylation is 2. The number of aromatic nitrogens is 2. The Bertz CT molecular complexity index is 571. The highest BCUT2D eigenvalue weighted by Gasteiger charge is 2.18. The lowest BCUT2D eigenvalue weighted by molar-refractivity contribution is 0.174. The van der Waals surface area contributed by atoms with Gasteiger partial charge >= 0.3 is 0 Å². The molecule has 1 aromatic carbocycles. The maximum absolute atomic E-state index is 5.21. The molecule has 1 aliphatic rings. The molecule has 1 fully saturated rings. The Morgan fingerprint density at radius 1 is 1.12 bits per heavy atom. The maximum atomic E-state index is 5.21. The van der Waals surface area contributed by atoms with Crippen molar-refractivity contribution < 1.29 is 4.74 Å². The van der Waals surface area contributed by atoms with E-state index >= 15 is 0 Å². The minimum atomic E-state index is 0.880. The van der Waals surface area contributed by atoms with E-state index in [0.717, 1.165) is 24.6 Å². The highest BCUT2D eigenvalue weighted by Crippen LogP contribution is 2.21. The van der Waals surface area contributed by atoms with Crippen LogP contribution in [-0.2, 0) is 13.0 Å². The fourth-order valence-electron chi connectivity index (χ4n) is 3.55. The van der Waals surface area contributed by atoms with Crippen LogP contribution in [0.5, 0.6) is 5.75 Å². The third kappa shape index (κ3) is 5.10. The average molecular weight is 327 g/mol. The van der Waals surface area contributed by atoms with Crippen LogP contribution in [-0.4, -0.2) is 41.2 Å². The van der Waals surface area contributed by atoms with Crippen LogP contribution in [0, 0.1) is 5.92 Å². The minimum Gasteiger partial charge on any atom is -0.497 e. The lowest BCUT2D eigenvalue weighted by Crippen LogP contribution is -2.34. The maximum Gasteiger partial charge on any atom is 0.118 e. The summed E-state index contributed by atoms with van der Waals surface area (Å²) in [5, 5.41) is 0. The molecule has 24 heavy (non-hydrogen) atoms. The number of imidazole rings is 1. The summed E-state index contributed by atoms with van der Waals surface area (Å²) < 4.78 is 7.40. The van der Waals surface area contributed by atoms with Crippen molar-refractivity contribution in [3.8, 4) is 5.75 Å². The summed E-state index contributed by atoms with van der Waals surface area (Å²) in [7, 11) is 1.72. The van der Waals surface area contributed by atoms with Crippen LogP contribution in [0.25, 0.3) is 0 Å². The Morgan fingerprint density at radius 2 is 1.92 bits per heavy atom. The number of nitrogens with zero attached hydrogens (tertiary/aromatic N) is 3. The Morgan fingerprint density at radius 3 is 2.58 bits per heavy atom. The van der Waals surface area contributed by atoms with Crippen LogP contribution in [0.2, 0.25) is 0 Å². The van der Waals surface area contributed by atoms with E-state index in [9.17, 15) is 0 Å². The van der Waals surface area contributed by atoms with Gasteiger partial charge in [0.2, 0.25) is 0 Å². The van der Waals surface area contributed by atoms with Crippen LogP contribution >= 0.6 is 0 Å². The van der Waals surface area contributed by atoms with E-state index in [1.165, 1.54) is 50.9 Å². The van der Waals surface area contributed by atoms with Crippen molar-refractivity contribution in [1.82, 2.24) is 14.5 Å². The number of piperidine rings is 1. The molecule has 0 N–H and O–H groups in total. The van der Waals surface area contributed by atoms with E-state index in [2.05, 4.69) is 44.9 Å². The third-order valence-electron chi connectivity index (χ3n) is 5.16. The summed E-state index contributed by atoms with van der Waals surface area (Å²) in [6, 6.07) is 8.48. The molecule has 2 aromatic rings. The number of methoxy groups -OCH3 is 1. The first-order valence-corrected chi connectivity index (χ1v) is 9.14. The normalized spacial score (nSPS) is 16.4. The summed E-state index contributed by atoms with van der Waals surface area (Å²) in [6.07, 6.45) is 12.2. The zero-order chi connectivity index (χ0) is 16.6. The third-order valence-corrected chi connectivity index (χ3v) is 5.16. The summed E-state index contributed by atoms with van der Waals surface area (Å²) in [5.41, 5.74) is 1.41. The van der Waals surface area contributed by atoms with Gasteiger partial charge in [0, 0.05) is 18.9 Å². The largest absolute Gasteiger partial charge is 0.497 e. The van der Waals surface area contributed by atoms with Gasteiger partial charge in [-0.25, -0.2) is 4.98 Å². The molecule has 0 aliphatic carbocycles. The smallest absolute Gasteiger partial charge is 0.118 e. The molecule has 0 saturated carbocycles. The topological polar surface area (TPSA) is 30.3 Å². The van der Waals surface area contributed by atoms with Gasteiger partial charge in [-0.15, -0.1) is 0 Å². The molecule has 4 heteroatoms.